The smallest absolute Gasteiger partial charge is 0.177 e. The number of Topliss-reactive ketones (excluding diaryl/α,β-unsaturated/α-hetero) is 1. The summed E-state index contributed by atoms with van der Waals surface area (Å²) >= 11 is 0. The van der Waals surface area contributed by atoms with E-state index in [0.717, 1.165) is 35.6 Å². The molecular weight excluding hydrogens is 272 g/mol. The zero-order valence-electron chi connectivity index (χ0n) is 13.0. The predicted molar refractivity (Wildman–Crippen MR) is 85.9 cm³/mol. The summed E-state index contributed by atoms with van der Waals surface area (Å²) in [5, 5.41) is 0. The van der Waals surface area contributed by atoms with Gasteiger partial charge in [-0.1, -0.05) is 5.92 Å². The number of fused-ring (bicyclic) bond motifs is 1. The maximum Gasteiger partial charge on any atom is 0.177 e. The van der Waals surface area contributed by atoms with Gasteiger partial charge in [-0.15, -0.1) is 6.42 Å². The molecule has 0 N–H and O–H groups in total. The number of likely N-dealkylation sites (tertiary alicyclic amines) is 1. The second-order valence-electron chi connectivity index (χ2n) is 6.94. The number of pyridine rings is 1. The molecule has 112 valence electrons. The summed E-state index contributed by atoms with van der Waals surface area (Å²) in [7, 11) is 0. The summed E-state index contributed by atoms with van der Waals surface area (Å²) in [5.74, 6) is 2.72. The van der Waals surface area contributed by atoms with Crippen molar-refractivity contribution in [3.05, 3.63) is 34.7 Å². The van der Waals surface area contributed by atoms with Gasteiger partial charge < -0.3 is 4.90 Å². The van der Waals surface area contributed by atoms with E-state index in [9.17, 15) is 4.79 Å². The zero-order valence-corrected chi connectivity index (χ0v) is 13.0. The Balaban J connectivity index is 1.78. The first-order valence-corrected chi connectivity index (χ1v) is 8.07. The molecule has 2 aliphatic carbocycles. The van der Waals surface area contributed by atoms with Gasteiger partial charge in [-0.25, -0.2) is 0 Å². The van der Waals surface area contributed by atoms with Crippen molar-refractivity contribution in [2.24, 2.45) is 5.41 Å². The Hall–Kier alpha value is -2.08. The van der Waals surface area contributed by atoms with Crippen LogP contribution in [-0.2, 0) is 11.2 Å². The molecule has 0 amide bonds. The SMILES string of the molecule is C#CC1=C(N2CCC3(CC2)CC3)c2cc(C)ncc2CC1=O. The Bertz CT molecular complexity index is 724. The van der Waals surface area contributed by atoms with Crippen molar-refractivity contribution in [1.82, 2.24) is 9.88 Å². The van der Waals surface area contributed by atoms with Crippen LogP contribution >= 0.6 is 0 Å². The minimum atomic E-state index is 0.0577. The van der Waals surface area contributed by atoms with Gasteiger partial charge in [0, 0.05) is 37.0 Å². The van der Waals surface area contributed by atoms with E-state index in [1.165, 1.54) is 25.7 Å². The molecule has 0 radical (unpaired) electrons. The van der Waals surface area contributed by atoms with Crippen molar-refractivity contribution in [2.45, 2.75) is 39.0 Å². The lowest BCUT2D eigenvalue weighted by atomic mass is 9.86. The summed E-state index contributed by atoms with van der Waals surface area (Å²) in [6.45, 7) is 4.00. The van der Waals surface area contributed by atoms with Crippen molar-refractivity contribution in [3.63, 3.8) is 0 Å². The van der Waals surface area contributed by atoms with Gasteiger partial charge in [-0.2, -0.15) is 0 Å². The van der Waals surface area contributed by atoms with Crippen LogP contribution in [-0.4, -0.2) is 28.8 Å². The number of rotatable bonds is 1. The summed E-state index contributed by atoms with van der Waals surface area (Å²) < 4.78 is 0. The van der Waals surface area contributed by atoms with Gasteiger partial charge in [0.05, 0.1) is 11.3 Å². The first kappa shape index (κ1) is 13.6. The van der Waals surface area contributed by atoms with E-state index in [2.05, 4.69) is 21.9 Å². The molecule has 0 unspecified atom stereocenters. The van der Waals surface area contributed by atoms with Crippen LogP contribution in [0, 0.1) is 24.7 Å². The van der Waals surface area contributed by atoms with Gasteiger partial charge in [0.15, 0.2) is 5.78 Å². The predicted octanol–water partition coefficient (Wildman–Crippen LogP) is 2.74. The highest BCUT2D eigenvalue weighted by atomic mass is 16.1. The van der Waals surface area contributed by atoms with Crippen LogP contribution in [0.5, 0.6) is 0 Å². The minimum Gasteiger partial charge on any atom is -0.370 e. The van der Waals surface area contributed by atoms with Crippen molar-refractivity contribution in [2.75, 3.05) is 13.1 Å². The number of hydrogen-bond acceptors (Lipinski definition) is 3. The first-order valence-electron chi connectivity index (χ1n) is 8.07. The number of aromatic nitrogens is 1. The maximum atomic E-state index is 12.4. The first-order chi connectivity index (χ1) is 10.6. The number of piperidine rings is 1. The second kappa shape index (κ2) is 4.71. The summed E-state index contributed by atoms with van der Waals surface area (Å²) in [4.78, 5) is 19.1. The highest BCUT2D eigenvalue weighted by Crippen LogP contribution is 2.54. The zero-order chi connectivity index (χ0) is 15.3. The Morgan fingerprint density at radius 3 is 2.64 bits per heavy atom. The number of nitrogens with zero attached hydrogens (tertiary/aromatic N) is 2. The van der Waals surface area contributed by atoms with Crippen LogP contribution < -0.4 is 0 Å². The van der Waals surface area contributed by atoms with Gasteiger partial charge in [0.2, 0.25) is 0 Å². The molecule has 2 fully saturated rings. The molecule has 1 aromatic heterocycles. The summed E-state index contributed by atoms with van der Waals surface area (Å²) in [6, 6.07) is 2.08. The molecule has 1 aromatic rings. The Labute approximate surface area is 131 Å². The molecule has 0 aromatic carbocycles. The normalized spacial score (nSPS) is 22.5. The van der Waals surface area contributed by atoms with Crippen molar-refractivity contribution in [3.8, 4) is 12.3 Å². The summed E-state index contributed by atoms with van der Waals surface area (Å²) in [6.07, 6.45) is 13.1. The molecule has 1 spiro atoms. The summed E-state index contributed by atoms with van der Waals surface area (Å²) in [5.41, 5.74) is 5.25. The molecule has 3 nitrogen and oxygen atoms in total. The number of ketones is 1. The van der Waals surface area contributed by atoms with Crippen molar-refractivity contribution in [1.29, 1.82) is 0 Å². The monoisotopic (exact) mass is 292 g/mol. The molecule has 0 atom stereocenters. The molecular formula is C19H20N2O. The van der Waals surface area contributed by atoms with E-state index in [1.807, 2.05) is 13.1 Å². The van der Waals surface area contributed by atoms with Crippen LogP contribution in [0.3, 0.4) is 0 Å². The molecule has 1 saturated heterocycles. The van der Waals surface area contributed by atoms with Crippen molar-refractivity contribution >= 4 is 11.5 Å². The molecule has 1 aliphatic heterocycles. The average molecular weight is 292 g/mol. The fourth-order valence-electron chi connectivity index (χ4n) is 3.84. The number of carbonyl (C=O) groups is 1. The average Bonchev–Trinajstić information content (AvgIpc) is 3.27. The van der Waals surface area contributed by atoms with E-state index in [1.54, 1.807) is 0 Å². The topological polar surface area (TPSA) is 33.2 Å². The molecule has 3 aliphatic rings. The lowest BCUT2D eigenvalue weighted by Gasteiger charge is -2.37. The van der Waals surface area contributed by atoms with Gasteiger partial charge in [-0.05, 0) is 49.7 Å². The third-order valence-corrected chi connectivity index (χ3v) is 5.49. The lowest BCUT2D eigenvalue weighted by molar-refractivity contribution is -0.114. The Morgan fingerprint density at radius 2 is 2.00 bits per heavy atom. The van der Waals surface area contributed by atoms with Gasteiger partial charge >= 0.3 is 0 Å². The number of allylic oxidation sites excluding steroid dienone is 1. The Kier molecular flexibility index (Phi) is 2.91. The standard InChI is InChI=1S/C19H20N2O/c1-3-15-17(22)11-14-12-20-13(2)10-16(14)18(15)21-8-6-19(4-5-19)7-9-21/h1,10,12H,4-9,11H2,2H3. The number of carbonyl (C=O) groups excluding carboxylic acids is 1. The van der Waals surface area contributed by atoms with E-state index in [0.29, 0.717) is 17.4 Å². The van der Waals surface area contributed by atoms with Crippen LogP contribution in [0.25, 0.3) is 5.70 Å². The van der Waals surface area contributed by atoms with Crippen LogP contribution in [0.15, 0.2) is 17.8 Å². The molecule has 1 saturated carbocycles. The molecule has 0 bridgehead atoms. The quantitative estimate of drug-likeness (QED) is 0.746. The molecule has 2 heterocycles. The second-order valence-corrected chi connectivity index (χ2v) is 6.94. The number of terminal acetylenes is 1. The number of hydrogen-bond donors (Lipinski definition) is 0. The van der Waals surface area contributed by atoms with Crippen molar-refractivity contribution < 1.29 is 4.79 Å². The highest BCUT2D eigenvalue weighted by Gasteiger charge is 2.45. The Morgan fingerprint density at radius 1 is 1.27 bits per heavy atom. The molecule has 4 rings (SSSR count). The van der Waals surface area contributed by atoms with E-state index < -0.39 is 0 Å². The number of aryl methyl sites for hydroxylation is 1. The third kappa shape index (κ3) is 2.06. The van der Waals surface area contributed by atoms with Crippen LogP contribution in [0.1, 0.15) is 42.5 Å². The molecule has 22 heavy (non-hydrogen) atoms. The third-order valence-electron chi connectivity index (χ3n) is 5.49. The fourth-order valence-corrected chi connectivity index (χ4v) is 3.84. The maximum absolute atomic E-state index is 12.4. The van der Waals surface area contributed by atoms with Crippen LogP contribution in [0.4, 0.5) is 0 Å². The minimum absolute atomic E-state index is 0.0577. The lowest BCUT2D eigenvalue weighted by Crippen LogP contribution is -2.36. The van der Waals surface area contributed by atoms with E-state index in [-0.39, 0.29) is 5.78 Å². The largest absolute Gasteiger partial charge is 0.370 e. The molecule has 3 heteroatoms. The van der Waals surface area contributed by atoms with Crippen LogP contribution in [0.2, 0.25) is 0 Å². The highest BCUT2D eigenvalue weighted by molar-refractivity contribution is 6.10. The van der Waals surface area contributed by atoms with Gasteiger partial charge in [-0.3, -0.25) is 9.78 Å². The fraction of sp³-hybridized carbons (Fsp3) is 0.474. The van der Waals surface area contributed by atoms with Gasteiger partial charge in [0.1, 0.15) is 0 Å². The van der Waals surface area contributed by atoms with Gasteiger partial charge in [0.25, 0.3) is 0 Å². The van der Waals surface area contributed by atoms with E-state index in [4.69, 9.17) is 6.42 Å². The van der Waals surface area contributed by atoms with E-state index >= 15 is 0 Å².